The van der Waals surface area contributed by atoms with Crippen LogP contribution in [0.4, 0.5) is 5.13 Å². The highest BCUT2D eigenvalue weighted by Crippen LogP contribution is 2.39. The van der Waals surface area contributed by atoms with Crippen molar-refractivity contribution >= 4 is 22.4 Å². The largest absolute Gasteiger partial charge is 0.487 e. The quantitative estimate of drug-likeness (QED) is 0.637. The van der Waals surface area contributed by atoms with Gasteiger partial charge in [0.05, 0.1) is 18.3 Å². The van der Waals surface area contributed by atoms with Crippen LogP contribution < -0.4 is 20.3 Å². The minimum Gasteiger partial charge on any atom is -0.487 e. The molecule has 3 rings (SSSR count). The first kappa shape index (κ1) is 18.5. The summed E-state index contributed by atoms with van der Waals surface area (Å²) in [5, 5.41) is 9.98. The molecule has 0 spiro atoms. The SMILES string of the molecule is CN=C(NCc1csc(N(C)C)n1)NC1CC(C)(C)Oc2ccccc21. The fourth-order valence-corrected chi connectivity index (χ4v) is 3.81. The van der Waals surface area contributed by atoms with Gasteiger partial charge in [-0.1, -0.05) is 18.2 Å². The molecule has 0 fully saturated rings. The summed E-state index contributed by atoms with van der Waals surface area (Å²) in [5.74, 6) is 1.70. The number of nitrogens with one attached hydrogen (secondary N) is 2. The van der Waals surface area contributed by atoms with E-state index >= 15 is 0 Å². The molecule has 2 aromatic rings. The molecule has 0 saturated carbocycles. The van der Waals surface area contributed by atoms with Crippen molar-refractivity contribution in [3.63, 3.8) is 0 Å². The number of nitrogens with zero attached hydrogens (tertiary/aromatic N) is 3. The van der Waals surface area contributed by atoms with Crippen LogP contribution in [0.3, 0.4) is 0 Å². The van der Waals surface area contributed by atoms with Gasteiger partial charge in [-0.3, -0.25) is 4.99 Å². The molecule has 0 bridgehead atoms. The number of hydrogen-bond acceptors (Lipinski definition) is 5. The number of aromatic nitrogens is 1. The Balaban J connectivity index is 1.68. The fourth-order valence-electron chi connectivity index (χ4n) is 3.05. The summed E-state index contributed by atoms with van der Waals surface area (Å²) in [6.45, 7) is 4.87. The Morgan fingerprint density at radius 3 is 2.85 bits per heavy atom. The predicted molar refractivity (Wildman–Crippen MR) is 108 cm³/mol. The van der Waals surface area contributed by atoms with Crippen molar-refractivity contribution in [3.05, 3.63) is 40.9 Å². The van der Waals surface area contributed by atoms with Crippen molar-refractivity contribution in [1.29, 1.82) is 0 Å². The molecular formula is C19H27N5OS. The first-order valence-corrected chi connectivity index (χ1v) is 9.63. The fraction of sp³-hybridized carbons (Fsp3) is 0.474. The van der Waals surface area contributed by atoms with E-state index in [-0.39, 0.29) is 11.6 Å². The number of ether oxygens (including phenoxy) is 1. The van der Waals surface area contributed by atoms with Crippen molar-refractivity contribution in [1.82, 2.24) is 15.6 Å². The van der Waals surface area contributed by atoms with Crippen molar-refractivity contribution in [3.8, 4) is 5.75 Å². The average Bonchev–Trinajstić information content (AvgIpc) is 3.06. The lowest BCUT2D eigenvalue weighted by atomic mass is 9.90. The molecule has 140 valence electrons. The van der Waals surface area contributed by atoms with Crippen molar-refractivity contribution in [2.75, 3.05) is 26.0 Å². The van der Waals surface area contributed by atoms with Gasteiger partial charge in [-0.05, 0) is 19.9 Å². The molecule has 0 amide bonds. The standard InChI is InChI=1S/C19H27N5OS/c1-19(2)10-15(14-8-6-7-9-16(14)25-19)23-17(20-3)21-11-13-12-26-18(22-13)24(4)5/h6-9,12,15H,10-11H2,1-5H3,(H2,20,21,23). The molecule has 1 aromatic heterocycles. The van der Waals surface area contributed by atoms with E-state index in [9.17, 15) is 0 Å². The monoisotopic (exact) mass is 373 g/mol. The maximum Gasteiger partial charge on any atom is 0.191 e. The molecule has 1 aliphatic rings. The summed E-state index contributed by atoms with van der Waals surface area (Å²) in [5.41, 5.74) is 1.95. The number of rotatable bonds is 4. The summed E-state index contributed by atoms with van der Waals surface area (Å²) in [6.07, 6.45) is 0.867. The Hall–Kier alpha value is -2.28. The summed E-state index contributed by atoms with van der Waals surface area (Å²) in [4.78, 5) is 11.0. The molecule has 0 aliphatic carbocycles. The van der Waals surface area contributed by atoms with Crippen LogP contribution in [-0.2, 0) is 6.54 Å². The van der Waals surface area contributed by atoms with Gasteiger partial charge in [0.25, 0.3) is 0 Å². The lowest BCUT2D eigenvalue weighted by Crippen LogP contribution is -2.45. The summed E-state index contributed by atoms with van der Waals surface area (Å²) < 4.78 is 6.11. The summed E-state index contributed by atoms with van der Waals surface area (Å²) in [6, 6.07) is 8.34. The second-order valence-corrected chi connectivity index (χ2v) is 8.08. The topological polar surface area (TPSA) is 61.8 Å². The zero-order valence-electron chi connectivity index (χ0n) is 16.0. The molecule has 0 saturated heterocycles. The summed E-state index contributed by atoms with van der Waals surface area (Å²) in [7, 11) is 5.79. The number of benzene rings is 1. The van der Waals surface area contributed by atoms with Gasteiger partial charge in [0.15, 0.2) is 11.1 Å². The number of guanidine groups is 1. The van der Waals surface area contributed by atoms with Gasteiger partial charge in [0, 0.05) is 38.5 Å². The second-order valence-electron chi connectivity index (χ2n) is 7.24. The Bertz CT molecular complexity index is 784. The van der Waals surface area contributed by atoms with Gasteiger partial charge >= 0.3 is 0 Å². The van der Waals surface area contributed by atoms with E-state index in [2.05, 4.69) is 45.9 Å². The van der Waals surface area contributed by atoms with E-state index in [0.717, 1.165) is 29.0 Å². The van der Waals surface area contributed by atoms with Crippen LogP contribution in [0.2, 0.25) is 0 Å². The number of hydrogen-bond donors (Lipinski definition) is 2. The highest BCUT2D eigenvalue weighted by molar-refractivity contribution is 7.13. The highest BCUT2D eigenvalue weighted by Gasteiger charge is 2.33. The van der Waals surface area contributed by atoms with Gasteiger partial charge < -0.3 is 20.3 Å². The zero-order chi connectivity index (χ0) is 18.7. The van der Waals surface area contributed by atoms with E-state index in [0.29, 0.717) is 6.54 Å². The lowest BCUT2D eigenvalue weighted by Gasteiger charge is -2.38. The van der Waals surface area contributed by atoms with E-state index < -0.39 is 0 Å². The molecule has 1 aromatic carbocycles. The molecule has 1 aliphatic heterocycles. The number of thiazole rings is 1. The molecule has 1 atom stereocenters. The van der Waals surface area contributed by atoms with Crippen molar-refractivity contribution < 1.29 is 4.74 Å². The normalized spacial score (nSPS) is 18.7. The smallest absolute Gasteiger partial charge is 0.191 e. The van der Waals surface area contributed by atoms with Crippen LogP contribution in [0, 0.1) is 0 Å². The molecular weight excluding hydrogens is 346 g/mol. The number of anilines is 1. The maximum absolute atomic E-state index is 6.11. The number of aliphatic imine (C=N–C) groups is 1. The minimum atomic E-state index is -0.222. The molecule has 26 heavy (non-hydrogen) atoms. The van der Waals surface area contributed by atoms with Gasteiger partial charge in [0.2, 0.25) is 0 Å². The average molecular weight is 374 g/mol. The van der Waals surface area contributed by atoms with Gasteiger partial charge in [-0.25, -0.2) is 4.98 Å². The molecule has 7 heteroatoms. The first-order chi connectivity index (χ1) is 12.4. The number of fused-ring (bicyclic) bond motifs is 1. The van der Waals surface area contributed by atoms with E-state index in [1.165, 1.54) is 5.56 Å². The molecule has 2 heterocycles. The minimum absolute atomic E-state index is 0.147. The van der Waals surface area contributed by atoms with Gasteiger partial charge in [-0.2, -0.15) is 0 Å². The van der Waals surface area contributed by atoms with Crippen LogP contribution >= 0.6 is 11.3 Å². The maximum atomic E-state index is 6.11. The number of para-hydroxylation sites is 1. The lowest BCUT2D eigenvalue weighted by molar-refractivity contribution is 0.0694. The Morgan fingerprint density at radius 2 is 2.15 bits per heavy atom. The molecule has 2 N–H and O–H groups in total. The first-order valence-electron chi connectivity index (χ1n) is 8.75. The molecule has 6 nitrogen and oxygen atoms in total. The van der Waals surface area contributed by atoms with Crippen LogP contribution in [-0.4, -0.2) is 37.7 Å². The Kier molecular flexibility index (Phi) is 5.36. The van der Waals surface area contributed by atoms with Crippen LogP contribution in [0.25, 0.3) is 0 Å². The molecule has 0 radical (unpaired) electrons. The predicted octanol–water partition coefficient (Wildman–Crippen LogP) is 3.18. The van der Waals surface area contributed by atoms with E-state index in [1.54, 1.807) is 18.4 Å². The Labute approximate surface area is 159 Å². The summed E-state index contributed by atoms with van der Waals surface area (Å²) >= 11 is 1.64. The van der Waals surface area contributed by atoms with Gasteiger partial charge in [-0.15, -0.1) is 11.3 Å². The third-order valence-corrected chi connectivity index (χ3v) is 5.33. The van der Waals surface area contributed by atoms with Crippen molar-refractivity contribution in [2.24, 2.45) is 4.99 Å². The molecule has 1 unspecified atom stereocenters. The Morgan fingerprint density at radius 1 is 1.38 bits per heavy atom. The highest BCUT2D eigenvalue weighted by atomic mass is 32.1. The van der Waals surface area contributed by atoms with Crippen LogP contribution in [0.1, 0.15) is 37.6 Å². The third kappa shape index (κ3) is 4.27. The van der Waals surface area contributed by atoms with Crippen molar-refractivity contribution in [2.45, 2.75) is 38.5 Å². The zero-order valence-corrected chi connectivity index (χ0v) is 16.9. The van der Waals surface area contributed by atoms with Crippen LogP contribution in [0.5, 0.6) is 5.75 Å². The van der Waals surface area contributed by atoms with E-state index in [1.807, 2.05) is 37.2 Å². The third-order valence-electron chi connectivity index (χ3n) is 4.27. The second kappa shape index (κ2) is 7.53. The van der Waals surface area contributed by atoms with Crippen LogP contribution in [0.15, 0.2) is 34.6 Å². The van der Waals surface area contributed by atoms with E-state index in [4.69, 9.17) is 4.74 Å². The van der Waals surface area contributed by atoms with Gasteiger partial charge in [0.1, 0.15) is 11.4 Å².